The van der Waals surface area contributed by atoms with Gasteiger partial charge in [-0.25, -0.2) is 4.39 Å². The minimum absolute atomic E-state index is 0.159. The van der Waals surface area contributed by atoms with Crippen LogP contribution in [-0.2, 0) is 6.54 Å². The van der Waals surface area contributed by atoms with Crippen molar-refractivity contribution in [3.05, 3.63) is 53.6 Å². The van der Waals surface area contributed by atoms with Gasteiger partial charge in [0.05, 0.1) is 0 Å². The van der Waals surface area contributed by atoms with Crippen LogP contribution in [0.3, 0.4) is 0 Å². The normalized spacial score (nSPS) is 10.7. The van der Waals surface area contributed by atoms with E-state index in [1.165, 1.54) is 6.07 Å². The summed E-state index contributed by atoms with van der Waals surface area (Å²) in [6, 6.07) is 7.29. The van der Waals surface area contributed by atoms with Gasteiger partial charge >= 0.3 is 0 Å². The van der Waals surface area contributed by atoms with Crippen molar-refractivity contribution >= 4 is 0 Å². The van der Waals surface area contributed by atoms with E-state index in [1.54, 1.807) is 6.07 Å². The summed E-state index contributed by atoms with van der Waals surface area (Å²) in [6.45, 7) is 5.56. The van der Waals surface area contributed by atoms with Crippen molar-refractivity contribution in [1.29, 1.82) is 0 Å². The van der Waals surface area contributed by atoms with E-state index < -0.39 is 0 Å². The number of halogens is 1. The monoisotopic (exact) mass is 258 g/mol. The van der Waals surface area contributed by atoms with E-state index in [2.05, 4.69) is 23.3 Å². The molecule has 1 aromatic carbocycles. The second-order valence-corrected chi connectivity index (χ2v) is 4.73. The van der Waals surface area contributed by atoms with Crippen LogP contribution in [0.4, 0.5) is 4.39 Å². The highest BCUT2D eigenvalue weighted by Crippen LogP contribution is 2.22. The van der Waals surface area contributed by atoms with Gasteiger partial charge in [-0.05, 0) is 49.2 Å². The summed E-state index contributed by atoms with van der Waals surface area (Å²) in [7, 11) is 0. The van der Waals surface area contributed by atoms with E-state index in [0.717, 1.165) is 29.7 Å². The van der Waals surface area contributed by atoms with Crippen LogP contribution in [0.15, 0.2) is 36.7 Å². The van der Waals surface area contributed by atoms with Gasteiger partial charge < -0.3 is 5.32 Å². The van der Waals surface area contributed by atoms with Crippen LogP contribution in [0.25, 0.3) is 11.1 Å². The maximum Gasteiger partial charge on any atom is 0.127 e. The third-order valence-corrected chi connectivity index (χ3v) is 3.00. The summed E-state index contributed by atoms with van der Waals surface area (Å²) < 4.78 is 13.7. The van der Waals surface area contributed by atoms with Gasteiger partial charge in [-0.3, -0.25) is 4.98 Å². The highest BCUT2D eigenvalue weighted by molar-refractivity contribution is 5.63. The molecule has 100 valence electrons. The summed E-state index contributed by atoms with van der Waals surface area (Å²) in [5.41, 5.74) is 3.84. The first-order valence-corrected chi connectivity index (χ1v) is 6.62. The lowest BCUT2D eigenvalue weighted by molar-refractivity contribution is 0.587. The lowest BCUT2D eigenvalue weighted by atomic mass is 10.0. The summed E-state index contributed by atoms with van der Waals surface area (Å²) >= 11 is 0. The van der Waals surface area contributed by atoms with Gasteiger partial charge in [-0.2, -0.15) is 0 Å². The molecule has 0 saturated heterocycles. The molecule has 19 heavy (non-hydrogen) atoms. The molecule has 0 aliphatic rings. The van der Waals surface area contributed by atoms with Crippen molar-refractivity contribution in [2.75, 3.05) is 6.54 Å². The Morgan fingerprint density at radius 2 is 2.00 bits per heavy atom. The number of benzene rings is 1. The smallest absolute Gasteiger partial charge is 0.127 e. The highest BCUT2D eigenvalue weighted by Gasteiger charge is 2.05. The second kappa shape index (κ2) is 6.43. The van der Waals surface area contributed by atoms with Gasteiger partial charge in [0, 0.05) is 30.1 Å². The Morgan fingerprint density at radius 1 is 1.16 bits per heavy atom. The number of nitrogens with one attached hydrogen (secondary N) is 1. The van der Waals surface area contributed by atoms with Crippen LogP contribution in [-0.4, -0.2) is 11.5 Å². The molecule has 0 atom stereocenters. The molecule has 3 heteroatoms. The predicted octanol–water partition coefficient (Wildman–Crippen LogP) is 3.70. The summed E-state index contributed by atoms with van der Waals surface area (Å²) in [5.74, 6) is -0.159. The molecule has 0 saturated carbocycles. The maximum absolute atomic E-state index is 13.7. The molecule has 0 spiro atoms. The molecule has 1 heterocycles. The number of aromatic nitrogens is 1. The van der Waals surface area contributed by atoms with Crippen LogP contribution in [0.5, 0.6) is 0 Å². The zero-order chi connectivity index (χ0) is 13.7. The van der Waals surface area contributed by atoms with E-state index in [0.29, 0.717) is 12.1 Å². The molecule has 2 nitrogen and oxygen atoms in total. The van der Waals surface area contributed by atoms with Gasteiger partial charge in [0.15, 0.2) is 0 Å². The number of nitrogens with zero attached hydrogens (tertiary/aromatic N) is 1. The largest absolute Gasteiger partial charge is 0.313 e. The van der Waals surface area contributed by atoms with Crippen molar-refractivity contribution in [3.8, 4) is 11.1 Å². The molecule has 0 amide bonds. The Hall–Kier alpha value is -1.74. The molecule has 0 aliphatic heterocycles. The first-order valence-electron chi connectivity index (χ1n) is 6.62. The number of rotatable bonds is 5. The Labute approximate surface area is 113 Å². The highest BCUT2D eigenvalue weighted by atomic mass is 19.1. The van der Waals surface area contributed by atoms with Crippen molar-refractivity contribution in [2.45, 2.75) is 26.8 Å². The van der Waals surface area contributed by atoms with Crippen molar-refractivity contribution in [3.63, 3.8) is 0 Å². The summed E-state index contributed by atoms with van der Waals surface area (Å²) in [4.78, 5) is 4.18. The molecule has 2 aromatic rings. The fourth-order valence-electron chi connectivity index (χ4n) is 2.00. The van der Waals surface area contributed by atoms with E-state index in [1.807, 2.05) is 25.4 Å². The zero-order valence-electron chi connectivity index (χ0n) is 11.4. The Bertz CT molecular complexity index is 552. The van der Waals surface area contributed by atoms with Gasteiger partial charge in [0.1, 0.15) is 5.82 Å². The van der Waals surface area contributed by atoms with Gasteiger partial charge in [-0.1, -0.05) is 13.0 Å². The lowest BCUT2D eigenvalue weighted by Crippen LogP contribution is -2.14. The molecule has 1 aromatic heterocycles. The quantitative estimate of drug-likeness (QED) is 0.827. The summed E-state index contributed by atoms with van der Waals surface area (Å²) in [5, 5.41) is 3.23. The first-order chi connectivity index (χ1) is 9.20. The topological polar surface area (TPSA) is 24.9 Å². The fourth-order valence-corrected chi connectivity index (χ4v) is 2.00. The molecule has 0 aliphatic carbocycles. The Balaban J connectivity index is 2.25. The SMILES string of the molecule is CCCNCc1cc(-c2cncc(C)c2)ccc1F. The molecular weight excluding hydrogens is 239 g/mol. The molecule has 0 fully saturated rings. The van der Waals surface area contributed by atoms with E-state index >= 15 is 0 Å². The summed E-state index contributed by atoms with van der Waals surface area (Å²) in [6.07, 6.45) is 4.67. The standard InChI is InChI=1S/C16H19FN2/c1-3-6-18-11-15-8-13(4-5-16(15)17)14-7-12(2)9-19-10-14/h4-5,7-10,18H,3,6,11H2,1-2H3. The third-order valence-electron chi connectivity index (χ3n) is 3.00. The zero-order valence-corrected chi connectivity index (χ0v) is 11.4. The van der Waals surface area contributed by atoms with Crippen LogP contribution < -0.4 is 5.32 Å². The van der Waals surface area contributed by atoms with Crippen LogP contribution in [0.1, 0.15) is 24.5 Å². The Morgan fingerprint density at radius 3 is 2.74 bits per heavy atom. The number of hydrogen-bond donors (Lipinski definition) is 1. The Kier molecular flexibility index (Phi) is 4.63. The molecular formula is C16H19FN2. The molecule has 1 N–H and O–H groups in total. The first kappa shape index (κ1) is 13.7. The van der Waals surface area contributed by atoms with E-state index in [-0.39, 0.29) is 5.82 Å². The predicted molar refractivity (Wildman–Crippen MR) is 76.4 cm³/mol. The number of pyridine rings is 1. The molecule has 0 unspecified atom stereocenters. The van der Waals surface area contributed by atoms with E-state index in [9.17, 15) is 4.39 Å². The molecule has 0 radical (unpaired) electrons. The van der Waals surface area contributed by atoms with Gasteiger partial charge in [0.25, 0.3) is 0 Å². The minimum atomic E-state index is -0.159. The minimum Gasteiger partial charge on any atom is -0.313 e. The average molecular weight is 258 g/mol. The fraction of sp³-hybridized carbons (Fsp3) is 0.312. The maximum atomic E-state index is 13.7. The number of hydrogen-bond acceptors (Lipinski definition) is 2. The third kappa shape index (κ3) is 3.61. The molecule has 2 rings (SSSR count). The van der Waals surface area contributed by atoms with Crippen molar-refractivity contribution < 1.29 is 4.39 Å². The van der Waals surface area contributed by atoms with Crippen LogP contribution in [0, 0.1) is 12.7 Å². The molecule has 0 bridgehead atoms. The van der Waals surface area contributed by atoms with Gasteiger partial charge in [-0.15, -0.1) is 0 Å². The second-order valence-electron chi connectivity index (χ2n) is 4.73. The van der Waals surface area contributed by atoms with Gasteiger partial charge in [0.2, 0.25) is 0 Å². The lowest BCUT2D eigenvalue weighted by Gasteiger charge is -2.08. The van der Waals surface area contributed by atoms with E-state index in [4.69, 9.17) is 0 Å². The van der Waals surface area contributed by atoms with Crippen molar-refractivity contribution in [2.24, 2.45) is 0 Å². The average Bonchev–Trinajstić information content (AvgIpc) is 2.41. The number of aryl methyl sites for hydroxylation is 1. The van der Waals surface area contributed by atoms with Crippen LogP contribution in [0.2, 0.25) is 0 Å². The van der Waals surface area contributed by atoms with Crippen LogP contribution >= 0.6 is 0 Å². The van der Waals surface area contributed by atoms with Crippen molar-refractivity contribution in [1.82, 2.24) is 10.3 Å².